The summed E-state index contributed by atoms with van der Waals surface area (Å²) in [7, 11) is -3.61. The van der Waals surface area contributed by atoms with E-state index in [1.165, 1.54) is 12.3 Å². The van der Waals surface area contributed by atoms with Crippen LogP contribution in [0.1, 0.15) is 12.8 Å². The molecule has 2 rings (SSSR count). The van der Waals surface area contributed by atoms with E-state index in [1.54, 1.807) is 6.07 Å². The van der Waals surface area contributed by atoms with E-state index < -0.39 is 10.0 Å². The first-order valence-electron chi connectivity index (χ1n) is 5.90. The summed E-state index contributed by atoms with van der Waals surface area (Å²) >= 11 is 5.84. The van der Waals surface area contributed by atoms with Crippen LogP contribution in [0.25, 0.3) is 0 Å². The molecule has 0 aromatic carbocycles. The maximum Gasteiger partial charge on any atom is 0.259 e. The second-order valence-corrected chi connectivity index (χ2v) is 6.44. The molecule has 1 aromatic rings. The van der Waals surface area contributed by atoms with Gasteiger partial charge in [-0.15, -0.1) is 12.4 Å². The maximum absolute atomic E-state index is 12.0. The van der Waals surface area contributed by atoms with Crippen LogP contribution in [-0.4, -0.2) is 33.0 Å². The van der Waals surface area contributed by atoms with E-state index >= 15 is 0 Å². The molecular weight excluding hydrogens is 309 g/mol. The Morgan fingerprint density at radius 3 is 2.95 bits per heavy atom. The van der Waals surface area contributed by atoms with Gasteiger partial charge in [0.25, 0.3) is 10.0 Å². The van der Waals surface area contributed by atoms with E-state index in [9.17, 15) is 8.42 Å². The molecule has 1 aliphatic heterocycles. The molecule has 0 radical (unpaired) electrons. The molecule has 2 N–H and O–H groups in total. The number of nitrogens with one attached hydrogen (secondary N) is 2. The Labute approximate surface area is 124 Å². The monoisotopic (exact) mass is 325 g/mol. The smallest absolute Gasteiger partial charge is 0.259 e. The summed E-state index contributed by atoms with van der Waals surface area (Å²) < 4.78 is 26.6. The molecule has 0 aliphatic carbocycles. The van der Waals surface area contributed by atoms with Crippen molar-refractivity contribution in [3.05, 3.63) is 23.4 Å². The maximum atomic E-state index is 12.0. The predicted octanol–water partition coefficient (Wildman–Crippen LogP) is 1.43. The second kappa shape index (κ2) is 7.40. The van der Waals surface area contributed by atoms with Crippen molar-refractivity contribution in [2.24, 2.45) is 5.92 Å². The molecular formula is C11H17Cl2N3O2S. The average Bonchev–Trinajstić information content (AvgIpc) is 2.38. The van der Waals surface area contributed by atoms with Crippen LogP contribution in [0.2, 0.25) is 5.02 Å². The van der Waals surface area contributed by atoms with Crippen molar-refractivity contribution < 1.29 is 8.42 Å². The zero-order valence-electron chi connectivity index (χ0n) is 10.3. The molecule has 1 aromatic heterocycles. The third-order valence-corrected chi connectivity index (χ3v) is 4.74. The Balaban J connectivity index is 0.00000180. The SMILES string of the molecule is Cl.O=S(=O)(NCC1CCCNC1)c1ncccc1Cl. The number of hydrogen-bond donors (Lipinski definition) is 2. The van der Waals surface area contributed by atoms with Crippen molar-refractivity contribution in [3.8, 4) is 0 Å². The van der Waals surface area contributed by atoms with Gasteiger partial charge in [-0.1, -0.05) is 11.6 Å². The molecule has 1 saturated heterocycles. The lowest BCUT2D eigenvalue weighted by atomic mass is 10.0. The van der Waals surface area contributed by atoms with E-state index in [0.29, 0.717) is 12.5 Å². The van der Waals surface area contributed by atoms with Crippen molar-refractivity contribution in [1.82, 2.24) is 15.0 Å². The summed E-state index contributed by atoms with van der Waals surface area (Å²) in [5.74, 6) is 0.330. The number of rotatable bonds is 4. The lowest BCUT2D eigenvalue weighted by Gasteiger charge is -2.22. The summed E-state index contributed by atoms with van der Waals surface area (Å²) in [6.45, 7) is 2.27. The Kier molecular flexibility index (Phi) is 6.49. The number of halogens is 2. The molecule has 2 heterocycles. The second-order valence-electron chi connectivity index (χ2n) is 4.35. The average molecular weight is 326 g/mol. The first kappa shape index (κ1) is 16.7. The van der Waals surface area contributed by atoms with Crippen molar-refractivity contribution in [3.63, 3.8) is 0 Å². The van der Waals surface area contributed by atoms with Gasteiger partial charge < -0.3 is 5.32 Å². The zero-order valence-corrected chi connectivity index (χ0v) is 12.7. The van der Waals surface area contributed by atoms with E-state index in [0.717, 1.165) is 25.9 Å². The molecule has 19 heavy (non-hydrogen) atoms. The number of pyridine rings is 1. The number of aromatic nitrogens is 1. The zero-order chi connectivity index (χ0) is 13.0. The van der Waals surface area contributed by atoms with E-state index in [1.807, 2.05) is 0 Å². The topological polar surface area (TPSA) is 71.1 Å². The summed E-state index contributed by atoms with van der Waals surface area (Å²) in [5.41, 5.74) is 0. The van der Waals surface area contributed by atoms with Gasteiger partial charge in [-0.3, -0.25) is 0 Å². The van der Waals surface area contributed by atoms with Gasteiger partial charge in [0.15, 0.2) is 5.03 Å². The minimum atomic E-state index is -3.61. The van der Waals surface area contributed by atoms with Gasteiger partial charge in [0.2, 0.25) is 0 Å². The standard InChI is InChI=1S/C11H16ClN3O2S.ClH/c12-10-4-2-6-14-11(10)18(16,17)15-8-9-3-1-5-13-7-9;/h2,4,6,9,13,15H,1,3,5,7-8H2;1H. The van der Waals surface area contributed by atoms with Gasteiger partial charge >= 0.3 is 0 Å². The van der Waals surface area contributed by atoms with Crippen LogP contribution >= 0.6 is 24.0 Å². The normalized spacial score (nSPS) is 19.7. The fourth-order valence-corrected chi connectivity index (χ4v) is 3.51. The van der Waals surface area contributed by atoms with Crippen LogP contribution in [0.5, 0.6) is 0 Å². The highest BCUT2D eigenvalue weighted by atomic mass is 35.5. The van der Waals surface area contributed by atoms with Crippen LogP contribution < -0.4 is 10.0 Å². The van der Waals surface area contributed by atoms with Gasteiger partial charge in [0.1, 0.15) is 0 Å². The van der Waals surface area contributed by atoms with Crippen LogP contribution in [0.4, 0.5) is 0 Å². The van der Waals surface area contributed by atoms with Gasteiger partial charge in [-0.05, 0) is 44.0 Å². The summed E-state index contributed by atoms with van der Waals surface area (Å²) in [4.78, 5) is 3.82. The molecule has 0 spiro atoms. The van der Waals surface area contributed by atoms with E-state index in [2.05, 4.69) is 15.0 Å². The fraction of sp³-hybridized carbons (Fsp3) is 0.545. The highest BCUT2D eigenvalue weighted by molar-refractivity contribution is 7.89. The lowest BCUT2D eigenvalue weighted by Crippen LogP contribution is -2.38. The van der Waals surface area contributed by atoms with E-state index in [-0.39, 0.29) is 22.5 Å². The lowest BCUT2D eigenvalue weighted by molar-refractivity contribution is 0.375. The fourth-order valence-electron chi connectivity index (χ4n) is 1.96. The predicted molar refractivity (Wildman–Crippen MR) is 77.3 cm³/mol. The molecule has 0 saturated carbocycles. The first-order valence-corrected chi connectivity index (χ1v) is 7.76. The Bertz CT molecular complexity index is 504. The quantitative estimate of drug-likeness (QED) is 0.878. The minimum absolute atomic E-state index is 0. The molecule has 108 valence electrons. The Morgan fingerprint density at radius 2 is 2.32 bits per heavy atom. The molecule has 1 unspecified atom stereocenters. The summed E-state index contributed by atoms with van der Waals surface area (Å²) in [5, 5.41) is 3.29. The molecule has 1 aliphatic rings. The van der Waals surface area contributed by atoms with Crippen molar-refractivity contribution in [2.75, 3.05) is 19.6 Å². The summed E-state index contributed by atoms with van der Waals surface area (Å²) in [6, 6.07) is 3.12. The van der Waals surface area contributed by atoms with Crippen LogP contribution in [-0.2, 0) is 10.0 Å². The molecule has 0 amide bonds. The number of piperidine rings is 1. The highest BCUT2D eigenvalue weighted by Crippen LogP contribution is 2.18. The van der Waals surface area contributed by atoms with Gasteiger partial charge in [0.05, 0.1) is 5.02 Å². The van der Waals surface area contributed by atoms with Crippen molar-refractivity contribution in [1.29, 1.82) is 0 Å². The number of hydrogen-bond acceptors (Lipinski definition) is 4. The van der Waals surface area contributed by atoms with Crippen LogP contribution in [0, 0.1) is 5.92 Å². The van der Waals surface area contributed by atoms with Crippen molar-refractivity contribution in [2.45, 2.75) is 17.9 Å². The minimum Gasteiger partial charge on any atom is -0.316 e. The number of sulfonamides is 1. The number of nitrogens with zero attached hydrogens (tertiary/aromatic N) is 1. The summed E-state index contributed by atoms with van der Waals surface area (Å²) in [6.07, 6.45) is 3.53. The molecule has 1 fully saturated rings. The Hall–Kier alpha value is -0.400. The van der Waals surface area contributed by atoms with E-state index in [4.69, 9.17) is 11.6 Å². The van der Waals surface area contributed by atoms with Gasteiger partial charge in [-0.2, -0.15) is 0 Å². The van der Waals surface area contributed by atoms with Gasteiger partial charge in [-0.25, -0.2) is 18.1 Å². The Morgan fingerprint density at radius 1 is 1.53 bits per heavy atom. The molecule has 5 nitrogen and oxygen atoms in total. The largest absolute Gasteiger partial charge is 0.316 e. The molecule has 0 bridgehead atoms. The van der Waals surface area contributed by atoms with Crippen LogP contribution in [0.15, 0.2) is 23.4 Å². The third-order valence-electron chi connectivity index (χ3n) is 2.94. The highest BCUT2D eigenvalue weighted by Gasteiger charge is 2.21. The van der Waals surface area contributed by atoms with Gasteiger partial charge in [0, 0.05) is 12.7 Å². The molecule has 1 atom stereocenters. The first-order chi connectivity index (χ1) is 8.59. The van der Waals surface area contributed by atoms with Crippen LogP contribution in [0.3, 0.4) is 0 Å². The third kappa shape index (κ3) is 4.57. The molecule has 8 heteroatoms. The van der Waals surface area contributed by atoms with Crippen molar-refractivity contribution >= 4 is 34.0 Å².